The van der Waals surface area contributed by atoms with E-state index in [1.54, 1.807) is 6.92 Å². The molecule has 2 rings (SSSR count). The Labute approximate surface area is 166 Å². The smallest absolute Gasteiger partial charge is 0.244 e. The van der Waals surface area contributed by atoms with Crippen LogP contribution >= 0.6 is 0 Å². The zero-order valence-electron chi connectivity index (χ0n) is 16.9. The first-order valence-electron chi connectivity index (χ1n) is 9.64. The van der Waals surface area contributed by atoms with Gasteiger partial charge in [-0.25, -0.2) is 0 Å². The summed E-state index contributed by atoms with van der Waals surface area (Å²) in [7, 11) is 0. The lowest BCUT2D eigenvalue weighted by Gasteiger charge is -2.61. The van der Waals surface area contributed by atoms with Crippen LogP contribution in [-0.2, 0) is 4.79 Å². The van der Waals surface area contributed by atoms with Crippen molar-refractivity contribution >= 4 is 5.91 Å². The molecule has 158 valence electrons. The van der Waals surface area contributed by atoms with E-state index in [4.69, 9.17) is 5.11 Å². The number of carbonyl (C=O) groups is 1. The Morgan fingerprint density at radius 3 is 2.54 bits per heavy atom. The van der Waals surface area contributed by atoms with Crippen molar-refractivity contribution in [3.8, 4) is 0 Å². The first-order valence-corrected chi connectivity index (χ1v) is 9.64. The Bertz CT molecular complexity index is 682. The third-order valence-electron chi connectivity index (χ3n) is 6.27. The molecule has 0 radical (unpaired) electrons. The summed E-state index contributed by atoms with van der Waals surface area (Å²) in [5.74, 6) is -0.933. The molecular weight excluding hydrogens is 362 g/mol. The predicted octanol–water partition coefficient (Wildman–Crippen LogP) is 0.177. The van der Waals surface area contributed by atoms with Crippen molar-refractivity contribution < 1.29 is 30.3 Å². The second-order valence-electron chi connectivity index (χ2n) is 8.68. The number of aliphatic hydroxyl groups is 5. The molecule has 28 heavy (non-hydrogen) atoms. The molecule has 1 saturated carbocycles. The van der Waals surface area contributed by atoms with Crippen LogP contribution in [0.2, 0.25) is 0 Å². The minimum absolute atomic E-state index is 0.00429. The van der Waals surface area contributed by atoms with Crippen molar-refractivity contribution in [1.82, 2.24) is 5.32 Å². The van der Waals surface area contributed by atoms with Crippen molar-refractivity contribution in [2.45, 2.75) is 63.9 Å². The maximum atomic E-state index is 12.3. The number of nitrogens with one attached hydrogen (secondary N) is 1. The van der Waals surface area contributed by atoms with E-state index in [9.17, 15) is 25.2 Å². The van der Waals surface area contributed by atoms with Crippen LogP contribution in [0, 0.1) is 11.3 Å². The highest BCUT2D eigenvalue weighted by Crippen LogP contribution is 2.59. The average Bonchev–Trinajstić information content (AvgIpc) is 2.62. The van der Waals surface area contributed by atoms with Crippen LogP contribution in [0.3, 0.4) is 0 Å². The molecule has 0 aromatic rings. The van der Waals surface area contributed by atoms with E-state index < -0.39 is 41.1 Å². The standard InChI is InChI=1S/C21H33NO6/c1-12(5-6-23)7-18(27)22-19-13(2)8-17(26)21(28)15(10-20(21,3)4)14(11-24)9-16(19)25/h7,9,15-17,19,23-26,28H,2,5-6,8,10-11H2,1,3-4H3,(H,22,27)/b12-7+,14-9-/t15-,16+,17+,19-,21-/m1/s1. The Morgan fingerprint density at radius 1 is 1.36 bits per heavy atom. The molecule has 5 atom stereocenters. The Kier molecular flexibility index (Phi) is 6.89. The number of hydrogen-bond donors (Lipinski definition) is 6. The van der Waals surface area contributed by atoms with E-state index in [1.807, 2.05) is 13.8 Å². The highest BCUT2D eigenvalue weighted by molar-refractivity contribution is 5.88. The number of hydrogen-bond acceptors (Lipinski definition) is 6. The Morgan fingerprint density at radius 2 is 2.00 bits per heavy atom. The summed E-state index contributed by atoms with van der Waals surface area (Å²) in [6.45, 7) is 8.91. The lowest BCUT2D eigenvalue weighted by atomic mass is 9.48. The molecule has 0 heterocycles. The van der Waals surface area contributed by atoms with Gasteiger partial charge >= 0.3 is 0 Å². The molecule has 0 unspecified atom stereocenters. The van der Waals surface area contributed by atoms with Gasteiger partial charge in [0, 0.05) is 18.6 Å². The van der Waals surface area contributed by atoms with E-state index in [0.29, 0.717) is 29.6 Å². The number of amides is 1. The van der Waals surface area contributed by atoms with Gasteiger partial charge in [-0.05, 0) is 42.7 Å². The molecule has 7 heteroatoms. The van der Waals surface area contributed by atoms with Crippen LogP contribution in [0.1, 0.15) is 40.0 Å². The van der Waals surface area contributed by atoms with Crippen LogP contribution in [0.5, 0.6) is 0 Å². The molecule has 1 fully saturated rings. The van der Waals surface area contributed by atoms with E-state index in [0.717, 1.165) is 0 Å². The lowest BCUT2D eigenvalue weighted by molar-refractivity contribution is -0.242. The van der Waals surface area contributed by atoms with Crippen LogP contribution in [0.4, 0.5) is 0 Å². The molecule has 0 aromatic heterocycles. The number of rotatable bonds is 5. The highest BCUT2D eigenvalue weighted by Gasteiger charge is 2.64. The maximum absolute atomic E-state index is 12.3. The second kappa shape index (κ2) is 8.47. The highest BCUT2D eigenvalue weighted by atomic mass is 16.3. The zero-order valence-corrected chi connectivity index (χ0v) is 16.9. The summed E-state index contributed by atoms with van der Waals surface area (Å²) in [5.41, 5.74) is -0.519. The fourth-order valence-corrected chi connectivity index (χ4v) is 4.49. The van der Waals surface area contributed by atoms with E-state index in [-0.39, 0.29) is 19.6 Å². The number of fused-ring (bicyclic) bond motifs is 1. The Balaban J connectivity index is 2.33. The molecular formula is C21H33NO6. The fourth-order valence-electron chi connectivity index (χ4n) is 4.49. The minimum atomic E-state index is -1.46. The van der Waals surface area contributed by atoms with Gasteiger partial charge in [-0.15, -0.1) is 0 Å². The monoisotopic (exact) mass is 395 g/mol. The van der Waals surface area contributed by atoms with Crippen molar-refractivity contribution in [2.75, 3.05) is 13.2 Å². The first kappa shape index (κ1) is 22.8. The van der Waals surface area contributed by atoms with Crippen LogP contribution < -0.4 is 5.32 Å². The summed E-state index contributed by atoms with van der Waals surface area (Å²) in [6.07, 6.45) is 1.40. The molecule has 0 bridgehead atoms. The topological polar surface area (TPSA) is 130 Å². The molecule has 7 nitrogen and oxygen atoms in total. The average molecular weight is 395 g/mol. The summed E-state index contributed by atoms with van der Waals surface area (Å²) < 4.78 is 0. The number of aliphatic hydroxyl groups excluding tert-OH is 4. The molecule has 0 spiro atoms. The van der Waals surface area contributed by atoms with Gasteiger partial charge in [0.05, 0.1) is 24.9 Å². The summed E-state index contributed by atoms with van der Waals surface area (Å²) in [6, 6.07) is -0.883. The van der Waals surface area contributed by atoms with Crippen LogP contribution in [0.25, 0.3) is 0 Å². The van der Waals surface area contributed by atoms with Crippen molar-refractivity contribution in [3.63, 3.8) is 0 Å². The van der Waals surface area contributed by atoms with Gasteiger partial charge in [-0.1, -0.05) is 32.1 Å². The van der Waals surface area contributed by atoms with Gasteiger partial charge in [0.2, 0.25) is 5.91 Å². The molecule has 6 N–H and O–H groups in total. The molecule has 2 aliphatic carbocycles. The lowest BCUT2D eigenvalue weighted by Crippen LogP contribution is -2.68. The van der Waals surface area contributed by atoms with Gasteiger partial charge < -0.3 is 30.8 Å². The fraction of sp³-hybridized carbons (Fsp3) is 0.667. The largest absolute Gasteiger partial charge is 0.396 e. The zero-order chi connectivity index (χ0) is 21.3. The summed E-state index contributed by atoms with van der Waals surface area (Å²) >= 11 is 0. The van der Waals surface area contributed by atoms with Gasteiger partial charge in [0.25, 0.3) is 0 Å². The quantitative estimate of drug-likeness (QED) is 0.291. The van der Waals surface area contributed by atoms with Gasteiger partial charge in [0.1, 0.15) is 5.60 Å². The van der Waals surface area contributed by atoms with Crippen LogP contribution in [0.15, 0.2) is 35.5 Å². The predicted molar refractivity (Wildman–Crippen MR) is 105 cm³/mol. The third-order valence-corrected chi connectivity index (χ3v) is 6.27. The van der Waals surface area contributed by atoms with E-state index in [2.05, 4.69) is 11.9 Å². The van der Waals surface area contributed by atoms with Crippen molar-refractivity contribution in [1.29, 1.82) is 0 Å². The molecule has 0 aliphatic heterocycles. The van der Waals surface area contributed by atoms with Gasteiger partial charge in [-0.3, -0.25) is 4.79 Å². The maximum Gasteiger partial charge on any atom is 0.244 e. The third kappa shape index (κ3) is 4.09. The molecule has 0 saturated heterocycles. The Hall–Kier alpha value is -1.51. The second-order valence-corrected chi connectivity index (χ2v) is 8.68. The van der Waals surface area contributed by atoms with Crippen LogP contribution in [-0.4, -0.2) is 68.5 Å². The van der Waals surface area contributed by atoms with Crippen molar-refractivity contribution in [2.24, 2.45) is 11.3 Å². The summed E-state index contributed by atoms with van der Waals surface area (Å²) in [5, 5.41) is 54.2. The molecule has 1 amide bonds. The van der Waals surface area contributed by atoms with Gasteiger partial charge in [0.15, 0.2) is 0 Å². The number of carbonyl (C=O) groups excluding carboxylic acids is 1. The summed E-state index contributed by atoms with van der Waals surface area (Å²) in [4.78, 5) is 12.3. The van der Waals surface area contributed by atoms with Gasteiger partial charge in [-0.2, -0.15) is 0 Å². The first-order chi connectivity index (χ1) is 13.0. The van der Waals surface area contributed by atoms with Crippen molar-refractivity contribution in [3.05, 3.63) is 35.5 Å². The normalized spacial score (nSPS) is 37.5. The van der Waals surface area contributed by atoms with E-state index in [1.165, 1.54) is 12.2 Å². The molecule has 0 aromatic carbocycles. The molecule has 2 aliphatic rings. The van der Waals surface area contributed by atoms with E-state index >= 15 is 0 Å². The minimum Gasteiger partial charge on any atom is -0.396 e. The SMILES string of the molecule is C=C1C[C@H](O)[C@]2(O)[C@H](CC2(C)C)/C(CO)=C\[C@H](O)[C@@H]1NC(=O)/C=C(\C)CCO.